The minimum Gasteiger partial charge on any atom is -0.469 e. The van der Waals surface area contributed by atoms with Crippen LogP contribution in [0.1, 0.15) is 46.0 Å². The van der Waals surface area contributed by atoms with Gasteiger partial charge >= 0.3 is 12.0 Å². The third-order valence-electron chi connectivity index (χ3n) is 4.36. The molecule has 144 valence electrons. The van der Waals surface area contributed by atoms with Crippen LogP contribution in [0.4, 0.5) is 4.79 Å². The van der Waals surface area contributed by atoms with Crippen LogP contribution >= 0.6 is 0 Å². The van der Waals surface area contributed by atoms with Gasteiger partial charge in [0.2, 0.25) is 0 Å². The maximum absolute atomic E-state index is 11.9. The Morgan fingerprint density at radius 1 is 1.16 bits per heavy atom. The van der Waals surface area contributed by atoms with E-state index in [1.165, 1.54) is 7.11 Å². The number of urea groups is 1. The molecule has 8 nitrogen and oxygen atoms in total. The van der Waals surface area contributed by atoms with Crippen LogP contribution in [0.15, 0.2) is 0 Å². The second-order valence-electron chi connectivity index (χ2n) is 6.86. The number of esters is 1. The third-order valence-corrected chi connectivity index (χ3v) is 4.36. The van der Waals surface area contributed by atoms with Crippen molar-refractivity contribution >= 4 is 12.0 Å². The molecule has 2 aliphatic heterocycles. The summed E-state index contributed by atoms with van der Waals surface area (Å²) >= 11 is 0. The highest BCUT2D eigenvalue weighted by Crippen LogP contribution is 2.34. The molecule has 2 aliphatic rings. The van der Waals surface area contributed by atoms with Crippen LogP contribution in [-0.2, 0) is 23.7 Å². The van der Waals surface area contributed by atoms with Gasteiger partial charge in [0.05, 0.1) is 13.2 Å². The molecule has 0 aromatic carbocycles. The minimum absolute atomic E-state index is 0.0217. The van der Waals surface area contributed by atoms with Gasteiger partial charge < -0.3 is 29.6 Å². The average molecular weight is 358 g/mol. The summed E-state index contributed by atoms with van der Waals surface area (Å²) in [5.74, 6) is -0.800. The first-order chi connectivity index (χ1) is 11.9. The quantitative estimate of drug-likeness (QED) is 0.502. The van der Waals surface area contributed by atoms with E-state index in [9.17, 15) is 9.59 Å². The van der Waals surface area contributed by atoms with E-state index in [1.54, 1.807) is 0 Å². The molecule has 2 rings (SSSR count). The molecular weight excluding hydrogens is 328 g/mol. The zero-order chi connectivity index (χ0) is 18.3. The van der Waals surface area contributed by atoms with Gasteiger partial charge in [-0.05, 0) is 33.1 Å². The summed E-state index contributed by atoms with van der Waals surface area (Å²) in [5.41, 5.74) is 0. The summed E-state index contributed by atoms with van der Waals surface area (Å²) in [7, 11) is 1.39. The Morgan fingerprint density at radius 2 is 1.96 bits per heavy atom. The van der Waals surface area contributed by atoms with Crippen LogP contribution in [-0.4, -0.2) is 62.9 Å². The number of carbonyl (C=O) groups is 2. The van der Waals surface area contributed by atoms with Crippen LogP contribution < -0.4 is 10.6 Å². The highest BCUT2D eigenvalue weighted by atomic mass is 16.8. The molecule has 2 heterocycles. The minimum atomic E-state index is -0.603. The molecule has 25 heavy (non-hydrogen) atoms. The number of unbranched alkanes of at least 4 members (excludes halogenated alkanes) is 2. The first-order valence-corrected chi connectivity index (χ1v) is 8.97. The van der Waals surface area contributed by atoms with Crippen molar-refractivity contribution < 1.29 is 28.5 Å². The smallest absolute Gasteiger partial charge is 0.314 e. The van der Waals surface area contributed by atoms with E-state index >= 15 is 0 Å². The van der Waals surface area contributed by atoms with Crippen LogP contribution in [0.25, 0.3) is 0 Å². The normalized spacial score (nSPS) is 27.4. The second kappa shape index (κ2) is 9.35. The van der Waals surface area contributed by atoms with E-state index in [2.05, 4.69) is 15.4 Å². The fraction of sp³-hybridized carbons (Fsp3) is 0.882. The van der Waals surface area contributed by atoms with Crippen LogP contribution in [0, 0.1) is 0 Å². The highest BCUT2D eigenvalue weighted by molar-refractivity contribution is 5.73. The van der Waals surface area contributed by atoms with Crippen molar-refractivity contribution in [2.24, 2.45) is 0 Å². The zero-order valence-corrected chi connectivity index (χ0v) is 15.3. The van der Waals surface area contributed by atoms with Gasteiger partial charge in [-0.3, -0.25) is 4.79 Å². The Morgan fingerprint density at radius 3 is 2.72 bits per heavy atom. The van der Waals surface area contributed by atoms with Crippen molar-refractivity contribution in [1.82, 2.24) is 10.6 Å². The zero-order valence-electron chi connectivity index (χ0n) is 15.3. The summed E-state index contributed by atoms with van der Waals surface area (Å²) in [6.07, 6.45) is 3.35. The van der Waals surface area contributed by atoms with Crippen molar-refractivity contribution in [3.05, 3.63) is 0 Å². The van der Waals surface area contributed by atoms with Crippen LogP contribution in [0.2, 0.25) is 0 Å². The number of ether oxygens (including phenoxy) is 4. The molecule has 3 unspecified atom stereocenters. The molecule has 8 heteroatoms. The standard InChI is InChI=1S/C17H30N2O6/c1-17(2)24-12-8-10-23-13(15(12)25-17)11-19-16(21)18-9-6-4-5-7-14(20)22-3/h12-13,15H,4-11H2,1-3H3,(H2,18,19,21). The molecular formula is C17H30N2O6. The predicted molar refractivity (Wildman–Crippen MR) is 90.1 cm³/mol. The Hall–Kier alpha value is -1.38. The number of rotatable bonds is 8. The monoisotopic (exact) mass is 358 g/mol. The number of amides is 2. The van der Waals surface area contributed by atoms with Gasteiger partial charge in [-0.25, -0.2) is 4.79 Å². The Kier molecular flexibility index (Phi) is 7.46. The molecule has 0 saturated carbocycles. The van der Waals surface area contributed by atoms with E-state index in [-0.39, 0.29) is 30.3 Å². The number of methoxy groups -OCH3 is 1. The first kappa shape index (κ1) is 19.9. The van der Waals surface area contributed by atoms with Gasteiger partial charge in [-0.15, -0.1) is 0 Å². The number of hydrogen-bond donors (Lipinski definition) is 2. The van der Waals surface area contributed by atoms with Gasteiger partial charge in [0.15, 0.2) is 5.79 Å². The molecule has 2 N–H and O–H groups in total. The molecule has 0 aliphatic carbocycles. The maximum atomic E-state index is 11.9. The molecule has 0 spiro atoms. The van der Waals surface area contributed by atoms with Gasteiger partial charge in [0, 0.05) is 26.1 Å². The summed E-state index contributed by atoms with van der Waals surface area (Å²) in [4.78, 5) is 22.8. The Balaban J connectivity index is 1.58. The summed E-state index contributed by atoms with van der Waals surface area (Å²) in [6, 6.07) is -0.225. The molecule has 0 bridgehead atoms. The number of nitrogens with one attached hydrogen (secondary N) is 2. The highest BCUT2D eigenvalue weighted by Gasteiger charge is 2.47. The fourth-order valence-corrected chi connectivity index (χ4v) is 3.14. The lowest BCUT2D eigenvalue weighted by Crippen LogP contribution is -2.50. The lowest BCUT2D eigenvalue weighted by Gasteiger charge is -2.31. The maximum Gasteiger partial charge on any atom is 0.314 e. The van der Waals surface area contributed by atoms with Crippen molar-refractivity contribution in [2.75, 3.05) is 26.8 Å². The van der Waals surface area contributed by atoms with Gasteiger partial charge in [-0.2, -0.15) is 0 Å². The van der Waals surface area contributed by atoms with Gasteiger partial charge in [0.25, 0.3) is 0 Å². The molecule has 2 fully saturated rings. The lowest BCUT2D eigenvalue weighted by molar-refractivity contribution is -0.153. The molecule has 2 amide bonds. The number of carbonyl (C=O) groups excluding carboxylic acids is 2. The lowest BCUT2D eigenvalue weighted by atomic mass is 10.0. The molecule has 0 aromatic rings. The molecule has 0 radical (unpaired) electrons. The van der Waals surface area contributed by atoms with Crippen molar-refractivity contribution in [1.29, 1.82) is 0 Å². The molecule has 2 saturated heterocycles. The Bertz CT molecular complexity index is 456. The van der Waals surface area contributed by atoms with E-state index < -0.39 is 5.79 Å². The number of hydrogen-bond acceptors (Lipinski definition) is 6. The van der Waals surface area contributed by atoms with E-state index in [4.69, 9.17) is 14.2 Å². The van der Waals surface area contributed by atoms with Gasteiger partial charge in [0.1, 0.15) is 12.2 Å². The third kappa shape index (κ3) is 6.45. The van der Waals surface area contributed by atoms with Gasteiger partial charge in [-0.1, -0.05) is 6.42 Å². The molecule has 0 aromatic heterocycles. The average Bonchev–Trinajstić information content (AvgIpc) is 2.90. The largest absolute Gasteiger partial charge is 0.469 e. The van der Waals surface area contributed by atoms with Crippen LogP contribution in [0.5, 0.6) is 0 Å². The van der Waals surface area contributed by atoms with Crippen molar-refractivity contribution in [3.8, 4) is 0 Å². The fourth-order valence-electron chi connectivity index (χ4n) is 3.14. The SMILES string of the molecule is COC(=O)CCCCCNC(=O)NCC1OCCC2OC(C)(C)OC12. The van der Waals surface area contributed by atoms with Crippen LogP contribution in [0.3, 0.4) is 0 Å². The molecule has 3 atom stereocenters. The summed E-state index contributed by atoms with van der Waals surface area (Å²) in [6.45, 7) is 5.34. The first-order valence-electron chi connectivity index (χ1n) is 8.97. The topological polar surface area (TPSA) is 95.1 Å². The summed E-state index contributed by atoms with van der Waals surface area (Å²) < 4.78 is 22.1. The predicted octanol–water partition coefficient (Wildman–Crippen LogP) is 1.33. The summed E-state index contributed by atoms with van der Waals surface area (Å²) in [5, 5.41) is 5.63. The Labute approximate surface area is 148 Å². The van der Waals surface area contributed by atoms with Crippen molar-refractivity contribution in [3.63, 3.8) is 0 Å². The van der Waals surface area contributed by atoms with E-state index in [0.717, 1.165) is 25.7 Å². The number of fused-ring (bicyclic) bond motifs is 1. The van der Waals surface area contributed by atoms with E-state index in [1.807, 2.05) is 13.8 Å². The van der Waals surface area contributed by atoms with Crippen molar-refractivity contribution in [2.45, 2.75) is 70.1 Å². The second-order valence-corrected chi connectivity index (χ2v) is 6.86. The van der Waals surface area contributed by atoms with E-state index in [0.29, 0.717) is 26.1 Å².